The molecule has 6 aromatic rings. The summed E-state index contributed by atoms with van der Waals surface area (Å²) in [4.78, 5) is 33.9. The molecule has 7 rings (SSSR count). The summed E-state index contributed by atoms with van der Waals surface area (Å²) in [6, 6.07) is 44.8. The summed E-state index contributed by atoms with van der Waals surface area (Å²) in [5.74, 6) is -0.278. The van der Waals surface area contributed by atoms with E-state index in [2.05, 4.69) is 51.2 Å². The normalized spacial score (nSPS) is 13.2. The quantitative estimate of drug-likeness (QED) is 0.0988. The van der Waals surface area contributed by atoms with Crippen LogP contribution in [0.4, 0.5) is 17.1 Å². The van der Waals surface area contributed by atoms with Gasteiger partial charge in [0.05, 0.1) is 23.5 Å². The smallest absolute Gasteiger partial charge is 0.269 e. The van der Waals surface area contributed by atoms with Gasteiger partial charge in [-0.3, -0.25) is 14.9 Å². The number of nitro benzene ring substituents is 1. The van der Waals surface area contributed by atoms with Gasteiger partial charge in [-0.1, -0.05) is 91.0 Å². The van der Waals surface area contributed by atoms with Gasteiger partial charge in [0.1, 0.15) is 5.54 Å². The molecule has 0 atom stereocenters. The van der Waals surface area contributed by atoms with E-state index in [0.29, 0.717) is 16.9 Å². The van der Waals surface area contributed by atoms with E-state index in [1.807, 2.05) is 91.4 Å². The molecule has 0 bridgehead atoms. The van der Waals surface area contributed by atoms with Gasteiger partial charge in [-0.2, -0.15) is 0 Å². The number of nitrogens with zero attached hydrogens (tertiary/aromatic N) is 5. The molecule has 0 spiro atoms. The number of non-ortho nitro benzene ring substituents is 1. The average molecular weight is 649 g/mol. The predicted octanol–water partition coefficient (Wildman–Crippen LogP) is 6.89. The highest BCUT2D eigenvalue weighted by atomic mass is 16.6. The monoisotopic (exact) mass is 648 g/mol. The Labute approximate surface area is 285 Å². The van der Waals surface area contributed by atoms with E-state index >= 15 is 0 Å². The van der Waals surface area contributed by atoms with Gasteiger partial charge < -0.3 is 19.7 Å². The molecule has 5 aromatic carbocycles. The third kappa shape index (κ3) is 6.31. The fraction of sp³-hybridized carbons (Fsp3) is 0.150. The molecule has 49 heavy (non-hydrogen) atoms. The van der Waals surface area contributed by atoms with Crippen LogP contribution >= 0.6 is 0 Å². The molecule has 1 amide bonds. The molecular formula is C40H36N6O3. The molecule has 9 nitrogen and oxygen atoms in total. The standard InChI is InChI=1S/C40H36N6O3/c47-39(31-16-18-38(19-17-31)46(48)49)45(37-22-20-36(21-23-37)43-26-24-41-25-27-43)29-35-28-44(30-42-35)40(32-10-4-1-5-11-32,33-12-6-2-7-13-33)34-14-8-3-9-15-34/h1-23,28,30,41H,24-27,29H2. The molecule has 0 aliphatic carbocycles. The van der Waals surface area contributed by atoms with Crippen LogP contribution in [0.25, 0.3) is 0 Å². The average Bonchev–Trinajstić information content (AvgIpc) is 3.64. The molecule has 0 unspecified atom stereocenters. The van der Waals surface area contributed by atoms with Crippen LogP contribution in [-0.2, 0) is 12.1 Å². The first-order valence-corrected chi connectivity index (χ1v) is 16.4. The number of nitrogens with one attached hydrogen (secondary N) is 1. The van der Waals surface area contributed by atoms with Crippen molar-refractivity contribution in [3.05, 3.63) is 190 Å². The van der Waals surface area contributed by atoms with Crippen molar-refractivity contribution in [3.8, 4) is 0 Å². The third-order valence-electron chi connectivity index (χ3n) is 9.13. The summed E-state index contributed by atoms with van der Waals surface area (Å²) in [5, 5.41) is 14.7. The Morgan fingerprint density at radius 3 is 1.80 bits per heavy atom. The summed E-state index contributed by atoms with van der Waals surface area (Å²) >= 11 is 0. The second-order valence-corrected chi connectivity index (χ2v) is 12.0. The fourth-order valence-corrected chi connectivity index (χ4v) is 6.70. The maximum Gasteiger partial charge on any atom is 0.269 e. The highest BCUT2D eigenvalue weighted by Gasteiger charge is 2.38. The van der Waals surface area contributed by atoms with Gasteiger partial charge in [0, 0.05) is 61.4 Å². The summed E-state index contributed by atoms with van der Waals surface area (Å²) in [5.41, 5.74) is 5.23. The number of hydrogen-bond donors (Lipinski definition) is 1. The third-order valence-corrected chi connectivity index (χ3v) is 9.13. The summed E-state index contributed by atoms with van der Waals surface area (Å²) in [7, 11) is 0. The van der Waals surface area contributed by atoms with Crippen molar-refractivity contribution in [1.82, 2.24) is 14.9 Å². The molecule has 1 fully saturated rings. The number of piperazine rings is 1. The summed E-state index contributed by atoms with van der Waals surface area (Å²) in [6.07, 6.45) is 3.85. The first kappa shape index (κ1) is 31.5. The van der Waals surface area contributed by atoms with Crippen molar-refractivity contribution < 1.29 is 9.72 Å². The molecule has 1 aromatic heterocycles. The second-order valence-electron chi connectivity index (χ2n) is 12.0. The van der Waals surface area contributed by atoms with Gasteiger partial charge in [-0.05, 0) is 53.1 Å². The molecule has 1 N–H and O–H groups in total. The van der Waals surface area contributed by atoms with Crippen molar-refractivity contribution in [2.45, 2.75) is 12.1 Å². The first-order chi connectivity index (χ1) is 24.0. The first-order valence-electron chi connectivity index (χ1n) is 16.4. The zero-order valence-electron chi connectivity index (χ0n) is 26.9. The number of amides is 1. The van der Waals surface area contributed by atoms with Crippen molar-refractivity contribution in [1.29, 1.82) is 0 Å². The summed E-state index contributed by atoms with van der Waals surface area (Å²) < 4.78 is 2.13. The number of rotatable bonds is 10. The van der Waals surface area contributed by atoms with Crippen LogP contribution in [0.5, 0.6) is 0 Å². The van der Waals surface area contributed by atoms with E-state index in [9.17, 15) is 14.9 Å². The van der Waals surface area contributed by atoms with Crippen LogP contribution in [0.2, 0.25) is 0 Å². The minimum absolute atomic E-state index is 0.0682. The van der Waals surface area contributed by atoms with Crippen molar-refractivity contribution >= 4 is 23.0 Å². The lowest BCUT2D eigenvalue weighted by Gasteiger charge is -2.37. The zero-order chi connectivity index (χ0) is 33.6. The van der Waals surface area contributed by atoms with Crippen LogP contribution in [0.3, 0.4) is 0 Å². The topological polar surface area (TPSA) is 96.5 Å². The highest BCUT2D eigenvalue weighted by Crippen LogP contribution is 2.41. The highest BCUT2D eigenvalue weighted by molar-refractivity contribution is 6.06. The fourth-order valence-electron chi connectivity index (χ4n) is 6.70. The van der Waals surface area contributed by atoms with E-state index in [0.717, 1.165) is 48.6 Å². The van der Waals surface area contributed by atoms with Gasteiger partial charge in [0.15, 0.2) is 0 Å². The van der Waals surface area contributed by atoms with Crippen LogP contribution in [0.1, 0.15) is 32.7 Å². The SMILES string of the molecule is O=C(c1ccc([N+](=O)[O-])cc1)N(Cc1cn(C(c2ccccc2)(c2ccccc2)c2ccccc2)cn1)c1ccc(N2CCNCC2)cc1. The number of carbonyl (C=O) groups excluding carboxylic acids is 1. The lowest BCUT2D eigenvalue weighted by Crippen LogP contribution is -2.43. The maximum atomic E-state index is 14.2. The van der Waals surface area contributed by atoms with Crippen LogP contribution in [0, 0.1) is 10.1 Å². The molecule has 1 saturated heterocycles. The van der Waals surface area contributed by atoms with E-state index in [4.69, 9.17) is 4.98 Å². The number of hydrogen-bond acceptors (Lipinski definition) is 6. The largest absolute Gasteiger partial charge is 0.369 e. The predicted molar refractivity (Wildman–Crippen MR) is 192 cm³/mol. The minimum atomic E-state index is -0.743. The van der Waals surface area contributed by atoms with Gasteiger partial charge >= 0.3 is 0 Å². The van der Waals surface area contributed by atoms with Crippen molar-refractivity contribution in [2.75, 3.05) is 36.0 Å². The number of aromatic nitrogens is 2. The lowest BCUT2D eigenvalue weighted by molar-refractivity contribution is -0.384. The molecule has 2 heterocycles. The van der Waals surface area contributed by atoms with Crippen LogP contribution in [-0.4, -0.2) is 46.6 Å². The number of carbonyl (C=O) groups is 1. The zero-order valence-corrected chi connectivity index (χ0v) is 26.9. The van der Waals surface area contributed by atoms with E-state index in [-0.39, 0.29) is 18.1 Å². The number of anilines is 2. The number of imidazole rings is 1. The van der Waals surface area contributed by atoms with Gasteiger partial charge in [0.2, 0.25) is 0 Å². The lowest BCUT2D eigenvalue weighted by atomic mass is 9.77. The molecule has 1 aliphatic rings. The Bertz CT molecular complexity index is 1910. The van der Waals surface area contributed by atoms with Gasteiger partial charge in [0.25, 0.3) is 11.6 Å². The molecule has 244 valence electrons. The Hall–Kier alpha value is -6.06. The van der Waals surface area contributed by atoms with Crippen LogP contribution in [0.15, 0.2) is 152 Å². The van der Waals surface area contributed by atoms with E-state index in [1.54, 1.807) is 4.90 Å². The summed E-state index contributed by atoms with van der Waals surface area (Å²) in [6.45, 7) is 3.85. The van der Waals surface area contributed by atoms with Gasteiger partial charge in [-0.15, -0.1) is 0 Å². The van der Waals surface area contributed by atoms with Gasteiger partial charge in [-0.25, -0.2) is 4.98 Å². The number of benzene rings is 5. The van der Waals surface area contributed by atoms with Crippen LogP contribution < -0.4 is 15.1 Å². The second kappa shape index (κ2) is 14.0. The molecule has 0 radical (unpaired) electrons. The van der Waals surface area contributed by atoms with Crippen molar-refractivity contribution in [3.63, 3.8) is 0 Å². The Morgan fingerprint density at radius 2 is 1.29 bits per heavy atom. The molecule has 9 heteroatoms. The molecular weight excluding hydrogens is 612 g/mol. The Balaban J connectivity index is 1.30. The Morgan fingerprint density at radius 1 is 0.755 bits per heavy atom. The minimum Gasteiger partial charge on any atom is -0.369 e. The maximum absolute atomic E-state index is 14.2. The van der Waals surface area contributed by atoms with E-state index < -0.39 is 10.5 Å². The number of nitro groups is 1. The van der Waals surface area contributed by atoms with Crippen molar-refractivity contribution in [2.24, 2.45) is 0 Å². The molecule has 0 saturated carbocycles. The molecule has 1 aliphatic heterocycles. The Kier molecular flexibility index (Phi) is 8.99. The van der Waals surface area contributed by atoms with E-state index in [1.165, 1.54) is 24.3 Å².